The number of allylic oxidation sites excluding steroid dienone is 4. The third-order valence-electron chi connectivity index (χ3n) is 7.10. The maximum atomic E-state index is 13.7. The average Bonchev–Trinajstić information content (AvgIpc) is 3.82. The number of nitriles is 2. The van der Waals surface area contributed by atoms with Gasteiger partial charge in [-0.2, -0.15) is 63.2 Å². The molecule has 262 valence electrons. The highest BCUT2D eigenvalue weighted by molar-refractivity contribution is 7.48. The van der Waals surface area contributed by atoms with Crippen LogP contribution in [0.15, 0.2) is 47.5 Å². The summed E-state index contributed by atoms with van der Waals surface area (Å²) in [4.78, 5) is 0.0466. The molecule has 51 heavy (non-hydrogen) atoms. The second kappa shape index (κ2) is 12.0. The monoisotopic (exact) mass is 846 g/mol. The molecule has 0 unspecified atom stereocenters. The van der Waals surface area contributed by atoms with Crippen molar-refractivity contribution in [3.05, 3.63) is 57.3 Å². The molecule has 7 heterocycles. The second-order valence-electron chi connectivity index (χ2n) is 10.3. The fourth-order valence-electron chi connectivity index (χ4n) is 5.11. The van der Waals surface area contributed by atoms with Crippen molar-refractivity contribution in [2.75, 3.05) is 0 Å². The summed E-state index contributed by atoms with van der Waals surface area (Å²) in [6.07, 6.45) is -21.9. The van der Waals surface area contributed by atoms with Gasteiger partial charge < -0.3 is 0 Å². The van der Waals surface area contributed by atoms with Gasteiger partial charge in [-0.25, -0.2) is 0 Å². The Morgan fingerprint density at radius 3 is 1.08 bits per heavy atom. The molecule has 0 saturated carbocycles. The zero-order valence-electron chi connectivity index (χ0n) is 23.8. The summed E-state index contributed by atoms with van der Waals surface area (Å²) in [5.74, 6) is 0. The van der Waals surface area contributed by atoms with Gasteiger partial charge in [0.2, 0.25) is 0 Å². The SMILES string of the molecule is N#C/C(=C(\c1ccc(-c2cc3sc4c(sc5c6sc(-c7ccc(/C(=C(\C#N)C(F)(F)F)C(F)(F)F)s7)cc6sc54)c3s2)s1)C(F)(F)F)C(F)(F)F. The molecule has 0 aliphatic rings. The number of rotatable bonds is 4. The van der Waals surface area contributed by atoms with Crippen LogP contribution in [0.25, 0.3) is 68.3 Å². The average molecular weight is 847 g/mol. The minimum atomic E-state index is -5.51. The van der Waals surface area contributed by atoms with E-state index in [0.717, 1.165) is 49.7 Å². The lowest BCUT2D eigenvalue weighted by molar-refractivity contribution is -0.0974. The number of fused-ring (bicyclic) bond motifs is 7. The van der Waals surface area contributed by atoms with Crippen LogP contribution in [0.1, 0.15) is 9.75 Å². The number of hydrogen-bond acceptors (Lipinski definition) is 9. The van der Waals surface area contributed by atoms with Gasteiger partial charge in [-0.05, 0) is 36.4 Å². The van der Waals surface area contributed by atoms with E-state index in [9.17, 15) is 52.7 Å². The first-order valence-corrected chi connectivity index (χ1v) is 19.0. The standard InChI is InChI=1S/C30H6F12N2S7/c31-27(32,33)9(7-43)19(29(37,38)39)13-3-1-11(45-13)15-5-17-21(47-15)23-25(49-17)26-24(51-23)22-18(50-26)6-16(48-22)12-2-4-14(46-12)20(30(40,41)42)10(8-44)28(34,35)36/h1-6H/b19-9-,20-10-. The zero-order chi connectivity index (χ0) is 37.0. The quantitative estimate of drug-likeness (QED) is 0.131. The maximum absolute atomic E-state index is 13.7. The van der Waals surface area contributed by atoms with Crippen LogP contribution in [-0.2, 0) is 0 Å². The van der Waals surface area contributed by atoms with Crippen molar-refractivity contribution in [1.82, 2.24) is 0 Å². The molecule has 7 rings (SSSR count). The molecule has 0 atom stereocenters. The summed E-state index contributed by atoms with van der Waals surface area (Å²) < 4.78 is 169. The normalized spacial score (nSPS) is 14.5. The van der Waals surface area contributed by atoms with Crippen molar-refractivity contribution in [1.29, 1.82) is 10.5 Å². The predicted molar refractivity (Wildman–Crippen MR) is 182 cm³/mol. The lowest BCUT2D eigenvalue weighted by Gasteiger charge is -2.14. The molecule has 0 fully saturated rings. The van der Waals surface area contributed by atoms with Gasteiger partial charge in [-0.1, -0.05) is 0 Å². The van der Waals surface area contributed by atoms with Crippen molar-refractivity contribution in [2.24, 2.45) is 0 Å². The first kappa shape index (κ1) is 35.9. The Labute approximate surface area is 303 Å². The van der Waals surface area contributed by atoms with Gasteiger partial charge in [0.25, 0.3) is 0 Å². The van der Waals surface area contributed by atoms with Gasteiger partial charge in [0.15, 0.2) is 0 Å². The molecular weight excluding hydrogens is 841 g/mol. The molecule has 0 aliphatic heterocycles. The first-order valence-electron chi connectivity index (χ1n) is 13.3. The maximum Gasteiger partial charge on any atom is 0.426 e. The highest BCUT2D eigenvalue weighted by Gasteiger charge is 2.48. The van der Waals surface area contributed by atoms with Crippen LogP contribution in [0.3, 0.4) is 0 Å². The number of thiophene rings is 7. The van der Waals surface area contributed by atoms with Gasteiger partial charge >= 0.3 is 24.7 Å². The summed E-state index contributed by atoms with van der Waals surface area (Å²) in [7, 11) is 0. The molecule has 7 aromatic heterocycles. The van der Waals surface area contributed by atoms with E-state index in [-0.39, 0.29) is 9.75 Å². The third-order valence-corrected chi connectivity index (χ3v) is 16.4. The molecule has 0 radical (unpaired) electrons. The molecule has 7 aromatic rings. The van der Waals surface area contributed by atoms with Crippen LogP contribution >= 0.6 is 79.4 Å². The Morgan fingerprint density at radius 1 is 0.412 bits per heavy atom. The minimum Gasteiger partial charge on any atom is -0.192 e. The molecule has 0 bridgehead atoms. The van der Waals surface area contributed by atoms with Crippen LogP contribution < -0.4 is 0 Å². The summed E-state index contributed by atoms with van der Waals surface area (Å²) in [5, 5.41) is 17.8. The lowest BCUT2D eigenvalue weighted by Crippen LogP contribution is -2.20. The summed E-state index contributed by atoms with van der Waals surface area (Å²) in [5.41, 5.74) is -8.79. The Hall–Kier alpha value is -3.44. The molecule has 21 heteroatoms. The predicted octanol–water partition coefficient (Wildman–Crippen LogP) is 14.9. The minimum absolute atomic E-state index is 0.271. The molecule has 0 aromatic carbocycles. The Bertz CT molecular complexity index is 2490. The van der Waals surface area contributed by atoms with E-state index in [1.165, 1.54) is 68.8 Å². The van der Waals surface area contributed by atoms with Crippen LogP contribution in [-0.4, -0.2) is 24.7 Å². The van der Waals surface area contributed by atoms with Crippen LogP contribution in [0.2, 0.25) is 0 Å². The summed E-state index contributed by atoms with van der Waals surface area (Å²) in [6, 6.07) is 9.08. The van der Waals surface area contributed by atoms with E-state index in [2.05, 4.69) is 0 Å². The smallest absolute Gasteiger partial charge is 0.192 e. The molecule has 0 N–H and O–H groups in total. The van der Waals surface area contributed by atoms with Gasteiger partial charge in [-0.3, -0.25) is 0 Å². The first-order chi connectivity index (χ1) is 23.7. The molecule has 0 amide bonds. The van der Waals surface area contributed by atoms with E-state index in [1.807, 2.05) is 0 Å². The Morgan fingerprint density at radius 2 is 0.765 bits per heavy atom. The van der Waals surface area contributed by atoms with Crippen molar-refractivity contribution < 1.29 is 52.7 Å². The second-order valence-corrected chi connectivity index (χ2v) is 17.7. The largest absolute Gasteiger partial charge is 0.426 e. The van der Waals surface area contributed by atoms with Crippen molar-refractivity contribution >= 4 is 128 Å². The van der Waals surface area contributed by atoms with E-state index in [4.69, 9.17) is 10.5 Å². The Balaban J connectivity index is 1.26. The molecular formula is C30H6F12N2S7. The van der Waals surface area contributed by atoms with E-state index < -0.39 is 56.8 Å². The van der Waals surface area contributed by atoms with Gasteiger partial charge in [0, 0.05) is 38.7 Å². The number of hydrogen-bond donors (Lipinski definition) is 0. The van der Waals surface area contributed by atoms with Gasteiger partial charge in [0.1, 0.15) is 23.3 Å². The van der Waals surface area contributed by atoms with E-state index >= 15 is 0 Å². The van der Waals surface area contributed by atoms with Crippen molar-refractivity contribution in [2.45, 2.75) is 24.7 Å². The topological polar surface area (TPSA) is 47.6 Å². The lowest BCUT2D eigenvalue weighted by atomic mass is 10.1. The van der Waals surface area contributed by atoms with Crippen molar-refractivity contribution in [3.8, 4) is 31.6 Å². The zero-order valence-corrected chi connectivity index (χ0v) is 29.5. The number of alkyl halides is 12. The van der Waals surface area contributed by atoms with E-state index in [1.54, 1.807) is 12.1 Å². The fourth-order valence-corrected chi connectivity index (χ4v) is 14.7. The van der Waals surface area contributed by atoms with Crippen LogP contribution in [0.5, 0.6) is 0 Å². The highest BCUT2D eigenvalue weighted by atomic mass is 32.1. The van der Waals surface area contributed by atoms with Crippen LogP contribution in [0, 0.1) is 22.7 Å². The summed E-state index contributed by atoms with van der Waals surface area (Å²) >= 11 is 7.66. The van der Waals surface area contributed by atoms with E-state index in [0.29, 0.717) is 44.6 Å². The van der Waals surface area contributed by atoms with Gasteiger partial charge in [-0.15, -0.1) is 79.4 Å². The van der Waals surface area contributed by atoms with Crippen molar-refractivity contribution in [3.63, 3.8) is 0 Å². The number of nitrogens with zero attached hydrogens (tertiary/aromatic N) is 2. The fraction of sp³-hybridized carbons (Fsp3) is 0.133. The third kappa shape index (κ3) is 6.15. The van der Waals surface area contributed by atoms with Gasteiger partial charge in [0.05, 0.1) is 39.3 Å². The summed E-state index contributed by atoms with van der Waals surface area (Å²) in [6.45, 7) is 0. The molecule has 2 nitrogen and oxygen atoms in total. The molecule has 0 aliphatic carbocycles. The van der Waals surface area contributed by atoms with Crippen LogP contribution in [0.4, 0.5) is 52.7 Å². The highest BCUT2D eigenvalue weighted by Crippen LogP contribution is 2.56. The molecule has 0 saturated heterocycles. The number of halogens is 12. The Kier molecular flexibility index (Phi) is 8.49. The molecule has 0 spiro atoms.